The Bertz CT molecular complexity index is 609. The van der Waals surface area contributed by atoms with Crippen LogP contribution in [-0.2, 0) is 14.8 Å². The summed E-state index contributed by atoms with van der Waals surface area (Å²) in [5.41, 5.74) is -0.450. The van der Waals surface area contributed by atoms with Gasteiger partial charge in [0.25, 0.3) is 0 Å². The van der Waals surface area contributed by atoms with Crippen LogP contribution in [0.5, 0.6) is 0 Å². The minimum absolute atomic E-state index is 0.0430. The molecule has 0 radical (unpaired) electrons. The van der Waals surface area contributed by atoms with Gasteiger partial charge in [-0.2, -0.15) is 0 Å². The van der Waals surface area contributed by atoms with Crippen LogP contribution in [0.15, 0.2) is 24.3 Å². The molecule has 1 N–H and O–H groups in total. The zero-order valence-electron chi connectivity index (χ0n) is 12.7. The predicted octanol–water partition coefficient (Wildman–Crippen LogP) is 1.90. The number of halogens is 1. The maximum atomic E-state index is 13.8. The third-order valence-corrected chi connectivity index (χ3v) is 3.76. The number of nitrogens with one attached hydrogen (secondary N) is 1. The number of nitrogens with zero attached hydrogens (tertiary/aromatic N) is 1. The van der Waals surface area contributed by atoms with E-state index >= 15 is 0 Å². The van der Waals surface area contributed by atoms with Crippen LogP contribution in [0.2, 0.25) is 0 Å². The zero-order valence-corrected chi connectivity index (χ0v) is 13.5. The molecule has 7 heteroatoms. The Morgan fingerprint density at radius 3 is 2.33 bits per heavy atom. The van der Waals surface area contributed by atoms with Gasteiger partial charge in [0.15, 0.2) is 0 Å². The number of hydrogen-bond acceptors (Lipinski definition) is 3. The Labute approximate surface area is 125 Å². The van der Waals surface area contributed by atoms with E-state index < -0.39 is 21.4 Å². The normalized spacial score (nSPS) is 12.0. The highest BCUT2D eigenvalue weighted by Crippen LogP contribution is 2.21. The third kappa shape index (κ3) is 5.71. The maximum absolute atomic E-state index is 13.8. The Hall–Kier alpha value is -1.63. The summed E-state index contributed by atoms with van der Waals surface area (Å²) in [5, 5.41) is 2.74. The van der Waals surface area contributed by atoms with Crippen LogP contribution in [-0.4, -0.2) is 32.7 Å². The van der Waals surface area contributed by atoms with Crippen molar-refractivity contribution in [2.24, 2.45) is 0 Å². The van der Waals surface area contributed by atoms with Gasteiger partial charge in [-0.05, 0) is 32.9 Å². The van der Waals surface area contributed by atoms with E-state index in [4.69, 9.17) is 0 Å². The highest BCUT2D eigenvalue weighted by atomic mass is 32.2. The highest BCUT2D eigenvalue weighted by molar-refractivity contribution is 7.92. The number of amides is 1. The summed E-state index contributed by atoms with van der Waals surface area (Å²) >= 11 is 0. The molecule has 0 aromatic heterocycles. The van der Waals surface area contributed by atoms with Gasteiger partial charge >= 0.3 is 0 Å². The lowest BCUT2D eigenvalue weighted by molar-refractivity contribution is -0.122. The van der Waals surface area contributed by atoms with Crippen LogP contribution in [0, 0.1) is 5.82 Å². The fraction of sp³-hybridized carbons (Fsp3) is 0.500. The van der Waals surface area contributed by atoms with Crippen molar-refractivity contribution in [3.05, 3.63) is 30.1 Å². The van der Waals surface area contributed by atoms with Crippen molar-refractivity contribution in [3.63, 3.8) is 0 Å². The van der Waals surface area contributed by atoms with E-state index in [9.17, 15) is 17.6 Å². The van der Waals surface area contributed by atoms with E-state index in [0.29, 0.717) is 0 Å². The second-order valence-electron chi connectivity index (χ2n) is 5.83. The summed E-state index contributed by atoms with van der Waals surface area (Å²) in [6, 6.07) is 5.58. The monoisotopic (exact) mass is 316 g/mol. The fourth-order valence-corrected chi connectivity index (χ4v) is 2.73. The molecule has 0 spiro atoms. The van der Waals surface area contributed by atoms with Gasteiger partial charge in [0, 0.05) is 18.5 Å². The van der Waals surface area contributed by atoms with Crippen molar-refractivity contribution in [1.82, 2.24) is 5.32 Å². The van der Waals surface area contributed by atoms with Gasteiger partial charge in [-0.15, -0.1) is 0 Å². The molecular weight excluding hydrogens is 295 g/mol. The van der Waals surface area contributed by atoms with Gasteiger partial charge in [0.05, 0.1) is 11.9 Å². The van der Waals surface area contributed by atoms with E-state index in [2.05, 4.69) is 5.32 Å². The maximum Gasteiger partial charge on any atom is 0.232 e. The molecule has 21 heavy (non-hydrogen) atoms. The third-order valence-electron chi connectivity index (χ3n) is 2.58. The minimum atomic E-state index is -3.67. The number of benzene rings is 1. The zero-order chi connectivity index (χ0) is 16.3. The Morgan fingerprint density at radius 2 is 1.86 bits per heavy atom. The number of sulfonamides is 1. The van der Waals surface area contributed by atoms with Crippen molar-refractivity contribution in [3.8, 4) is 0 Å². The van der Waals surface area contributed by atoms with E-state index in [-0.39, 0.29) is 24.6 Å². The highest BCUT2D eigenvalue weighted by Gasteiger charge is 2.22. The first-order valence-electron chi connectivity index (χ1n) is 6.54. The second kappa shape index (κ2) is 6.43. The molecule has 0 bridgehead atoms. The summed E-state index contributed by atoms with van der Waals surface area (Å²) in [6.07, 6.45) is 0.944. The predicted molar refractivity (Wildman–Crippen MR) is 81.1 cm³/mol. The van der Waals surface area contributed by atoms with E-state index in [1.165, 1.54) is 18.2 Å². The van der Waals surface area contributed by atoms with Crippen molar-refractivity contribution in [2.45, 2.75) is 32.7 Å². The summed E-state index contributed by atoms with van der Waals surface area (Å²) in [6.45, 7) is 5.38. The van der Waals surface area contributed by atoms with Crippen LogP contribution in [0.25, 0.3) is 0 Å². The average molecular weight is 316 g/mol. The van der Waals surface area contributed by atoms with E-state index in [1.807, 2.05) is 20.8 Å². The number of rotatable bonds is 5. The lowest BCUT2D eigenvalue weighted by Crippen LogP contribution is -2.42. The molecule has 1 rings (SSSR count). The molecule has 0 aliphatic carbocycles. The van der Waals surface area contributed by atoms with Crippen LogP contribution in [0.1, 0.15) is 27.2 Å². The molecule has 0 saturated carbocycles. The van der Waals surface area contributed by atoms with Gasteiger partial charge in [-0.3, -0.25) is 9.10 Å². The summed E-state index contributed by atoms with van der Waals surface area (Å²) < 4.78 is 38.3. The summed E-state index contributed by atoms with van der Waals surface area (Å²) in [5.74, 6) is -0.924. The number of carbonyl (C=O) groups is 1. The topological polar surface area (TPSA) is 66.5 Å². The van der Waals surface area contributed by atoms with Crippen molar-refractivity contribution < 1.29 is 17.6 Å². The number of hydrogen-bond donors (Lipinski definition) is 1. The van der Waals surface area contributed by atoms with Gasteiger partial charge in [0.1, 0.15) is 5.82 Å². The van der Waals surface area contributed by atoms with E-state index in [0.717, 1.165) is 10.6 Å². The smallest absolute Gasteiger partial charge is 0.232 e. The van der Waals surface area contributed by atoms with Crippen LogP contribution >= 0.6 is 0 Å². The van der Waals surface area contributed by atoms with Crippen molar-refractivity contribution in [1.29, 1.82) is 0 Å². The van der Waals surface area contributed by atoms with Gasteiger partial charge < -0.3 is 5.32 Å². The minimum Gasteiger partial charge on any atom is -0.351 e. The van der Waals surface area contributed by atoms with Crippen LogP contribution in [0.4, 0.5) is 10.1 Å². The Kier molecular flexibility index (Phi) is 5.33. The SMILES string of the molecule is CC(C)(C)NC(=O)CCN(c1ccccc1F)S(C)(=O)=O. The van der Waals surface area contributed by atoms with Gasteiger partial charge in [-0.25, -0.2) is 12.8 Å². The standard InChI is InChI=1S/C14H21FN2O3S/c1-14(2,3)16-13(18)9-10-17(21(4,19)20)12-8-6-5-7-11(12)15/h5-8H,9-10H2,1-4H3,(H,16,18). The molecule has 1 amide bonds. The quantitative estimate of drug-likeness (QED) is 0.902. The average Bonchev–Trinajstić information content (AvgIpc) is 2.27. The molecule has 1 aromatic rings. The van der Waals surface area contributed by atoms with Crippen molar-refractivity contribution in [2.75, 3.05) is 17.1 Å². The lowest BCUT2D eigenvalue weighted by atomic mass is 10.1. The summed E-state index contributed by atoms with van der Waals surface area (Å²) in [7, 11) is -3.67. The molecule has 118 valence electrons. The molecular formula is C14H21FN2O3S. The summed E-state index contributed by atoms with van der Waals surface area (Å²) in [4.78, 5) is 11.8. The molecule has 0 aliphatic heterocycles. The van der Waals surface area contributed by atoms with Gasteiger partial charge in [0.2, 0.25) is 15.9 Å². The Balaban J connectivity index is 2.88. The fourth-order valence-electron chi connectivity index (χ4n) is 1.80. The molecule has 0 fully saturated rings. The largest absolute Gasteiger partial charge is 0.351 e. The Morgan fingerprint density at radius 1 is 1.29 bits per heavy atom. The molecule has 0 heterocycles. The molecule has 0 saturated heterocycles. The number of para-hydroxylation sites is 1. The second-order valence-corrected chi connectivity index (χ2v) is 7.74. The van der Waals surface area contributed by atoms with Crippen LogP contribution in [0.3, 0.4) is 0 Å². The number of anilines is 1. The molecule has 5 nitrogen and oxygen atoms in total. The van der Waals surface area contributed by atoms with Crippen LogP contribution < -0.4 is 9.62 Å². The molecule has 0 unspecified atom stereocenters. The molecule has 0 aliphatic rings. The lowest BCUT2D eigenvalue weighted by Gasteiger charge is -2.24. The molecule has 1 aromatic carbocycles. The van der Waals surface area contributed by atoms with E-state index in [1.54, 1.807) is 6.07 Å². The van der Waals surface area contributed by atoms with Crippen molar-refractivity contribution >= 4 is 21.6 Å². The first-order valence-corrected chi connectivity index (χ1v) is 8.39. The molecule has 0 atom stereocenters. The number of carbonyl (C=O) groups excluding carboxylic acids is 1. The van der Waals surface area contributed by atoms with Gasteiger partial charge in [-0.1, -0.05) is 12.1 Å². The first kappa shape index (κ1) is 17.4. The first-order chi connectivity index (χ1) is 9.50.